The Kier molecular flexibility index (Phi) is 7.09. The van der Waals surface area contributed by atoms with Crippen molar-refractivity contribution in [3.05, 3.63) is 58.9 Å². The van der Waals surface area contributed by atoms with Crippen LogP contribution in [0.15, 0.2) is 30.3 Å². The smallest absolute Gasteiger partial charge is 0.200 e. The van der Waals surface area contributed by atoms with Gasteiger partial charge < -0.3 is 9.47 Å². The first-order chi connectivity index (χ1) is 15.1. The van der Waals surface area contributed by atoms with Gasteiger partial charge in [0.05, 0.1) is 13.7 Å². The summed E-state index contributed by atoms with van der Waals surface area (Å²) < 4.78 is 53.9. The summed E-state index contributed by atoms with van der Waals surface area (Å²) >= 11 is 0. The Bertz CT molecular complexity index is 884. The van der Waals surface area contributed by atoms with Crippen LogP contribution in [0, 0.1) is 23.4 Å². The van der Waals surface area contributed by atoms with Gasteiger partial charge in [0.25, 0.3) is 0 Å². The standard InChI is InChI=1S/C26H31F3O2/c1-30-23-13-11-20(15-22(23)27)18-9-7-17(8-10-18)16-31-24-14-12-21(25(28)26(24)29)19-5-3-2-4-6-19/h11-15,17-19H,2-10,16H2,1H3. The first kappa shape index (κ1) is 22.0. The molecule has 2 aliphatic carbocycles. The van der Waals surface area contributed by atoms with Gasteiger partial charge in [0.1, 0.15) is 0 Å². The first-order valence-electron chi connectivity index (χ1n) is 11.5. The molecule has 0 heterocycles. The molecule has 2 aliphatic rings. The summed E-state index contributed by atoms with van der Waals surface area (Å²) in [5, 5.41) is 0. The van der Waals surface area contributed by atoms with Crippen molar-refractivity contribution in [1.82, 2.24) is 0 Å². The van der Waals surface area contributed by atoms with E-state index < -0.39 is 11.6 Å². The average Bonchev–Trinajstić information content (AvgIpc) is 2.81. The van der Waals surface area contributed by atoms with Crippen molar-refractivity contribution in [2.24, 2.45) is 5.92 Å². The normalized spacial score (nSPS) is 22.3. The van der Waals surface area contributed by atoms with Crippen LogP contribution >= 0.6 is 0 Å². The number of hydrogen-bond donors (Lipinski definition) is 0. The molecule has 0 aromatic heterocycles. The highest BCUT2D eigenvalue weighted by Gasteiger charge is 2.26. The predicted molar refractivity (Wildman–Crippen MR) is 115 cm³/mol. The van der Waals surface area contributed by atoms with Crippen LogP contribution in [0.3, 0.4) is 0 Å². The van der Waals surface area contributed by atoms with Crippen LogP contribution < -0.4 is 9.47 Å². The van der Waals surface area contributed by atoms with Crippen molar-refractivity contribution in [2.45, 2.75) is 69.6 Å². The molecular weight excluding hydrogens is 401 g/mol. The average molecular weight is 433 g/mol. The molecule has 0 amide bonds. The molecule has 2 aromatic rings. The van der Waals surface area contributed by atoms with Gasteiger partial charge in [-0.1, -0.05) is 31.4 Å². The summed E-state index contributed by atoms with van der Waals surface area (Å²) in [6.45, 7) is 0.378. The fourth-order valence-electron chi connectivity index (χ4n) is 5.19. The summed E-state index contributed by atoms with van der Waals surface area (Å²) in [7, 11) is 1.46. The minimum absolute atomic E-state index is 0.0106. The second-order valence-corrected chi connectivity index (χ2v) is 9.04. The van der Waals surface area contributed by atoms with Gasteiger partial charge in [0.15, 0.2) is 23.1 Å². The molecule has 0 spiro atoms. The lowest BCUT2D eigenvalue weighted by Crippen LogP contribution is -2.20. The molecule has 0 bridgehead atoms. The van der Waals surface area contributed by atoms with Crippen molar-refractivity contribution in [3.63, 3.8) is 0 Å². The molecule has 0 aliphatic heterocycles. The molecule has 31 heavy (non-hydrogen) atoms. The molecule has 4 rings (SSSR count). The van der Waals surface area contributed by atoms with Crippen LogP contribution in [0.5, 0.6) is 11.5 Å². The summed E-state index contributed by atoms with van der Waals surface area (Å²) in [5.41, 5.74) is 1.49. The number of benzene rings is 2. The number of ether oxygens (including phenoxy) is 2. The maximum absolute atomic E-state index is 14.6. The van der Waals surface area contributed by atoms with Gasteiger partial charge in [-0.25, -0.2) is 8.78 Å². The number of rotatable bonds is 6. The zero-order valence-corrected chi connectivity index (χ0v) is 18.1. The molecule has 0 unspecified atom stereocenters. The van der Waals surface area contributed by atoms with Gasteiger partial charge in [-0.05, 0) is 85.6 Å². The minimum Gasteiger partial charge on any atom is -0.494 e. The topological polar surface area (TPSA) is 18.5 Å². The molecule has 2 aromatic carbocycles. The maximum Gasteiger partial charge on any atom is 0.200 e. The van der Waals surface area contributed by atoms with E-state index in [2.05, 4.69) is 0 Å². The van der Waals surface area contributed by atoms with E-state index in [9.17, 15) is 13.2 Å². The van der Waals surface area contributed by atoms with Crippen LogP contribution in [0.4, 0.5) is 13.2 Å². The quantitative estimate of drug-likeness (QED) is 0.470. The summed E-state index contributed by atoms with van der Waals surface area (Å²) in [6, 6.07) is 8.46. The summed E-state index contributed by atoms with van der Waals surface area (Å²) in [6.07, 6.45) is 8.89. The fraction of sp³-hybridized carbons (Fsp3) is 0.538. The zero-order valence-electron chi connectivity index (χ0n) is 18.1. The third-order valence-electron chi connectivity index (χ3n) is 7.09. The van der Waals surface area contributed by atoms with Gasteiger partial charge in [-0.2, -0.15) is 4.39 Å². The lowest BCUT2D eigenvalue weighted by atomic mass is 9.79. The number of methoxy groups -OCH3 is 1. The van der Waals surface area contributed by atoms with E-state index in [-0.39, 0.29) is 23.2 Å². The van der Waals surface area contributed by atoms with Crippen molar-refractivity contribution in [3.8, 4) is 11.5 Å². The van der Waals surface area contributed by atoms with Crippen molar-refractivity contribution in [1.29, 1.82) is 0 Å². The molecule has 0 N–H and O–H groups in total. The largest absolute Gasteiger partial charge is 0.494 e. The predicted octanol–water partition coefficient (Wildman–Crippen LogP) is 7.51. The van der Waals surface area contributed by atoms with Crippen molar-refractivity contribution < 1.29 is 22.6 Å². The molecule has 5 heteroatoms. The molecule has 168 valence electrons. The second-order valence-electron chi connectivity index (χ2n) is 9.04. The van der Waals surface area contributed by atoms with Crippen LogP contribution in [0.2, 0.25) is 0 Å². The highest BCUT2D eigenvalue weighted by molar-refractivity contribution is 5.34. The van der Waals surface area contributed by atoms with Crippen LogP contribution in [0.25, 0.3) is 0 Å². The highest BCUT2D eigenvalue weighted by Crippen LogP contribution is 2.39. The third-order valence-corrected chi connectivity index (χ3v) is 7.09. The maximum atomic E-state index is 14.6. The first-order valence-corrected chi connectivity index (χ1v) is 11.5. The molecule has 0 radical (unpaired) electrons. The van der Waals surface area contributed by atoms with Gasteiger partial charge in [0.2, 0.25) is 5.82 Å². The molecule has 2 fully saturated rings. The molecule has 2 nitrogen and oxygen atoms in total. The van der Waals surface area contributed by atoms with Crippen LogP contribution in [-0.2, 0) is 0 Å². The van der Waals surface area contributed by atoms with Crippen molar-refractivity contribution in [2.75, 3.05) is 13.7 Å². The highest BCUT2D eigenvalue weighted by atomic mass is 19.2. The summed E-state index contributed by atoms with van der Waals surface area (Å²) in [4.78, 5) is 0. The lowest BCUT2D eigenvalue weighted by molar-refractivity contribution is 0.192. The molecule has 0 atom stereocenters. The SMILES string of the molecule is COc1ccc(C2CCC(COc3ccc(C4CCCCC4)c(F)c3F)CC2)cc1F. The molecule has 2 saturated carbocycles. The Labute approximate surface area is 182 Å². The van der Waals surface area contributed by atoms with Gasteiger partial charge >= 0.3 is 0 Å². The van der Waals surface area contributed by atoms with Gasteiger partial charge in [0, 0.05) is 0 Å². The second kappa shape index (κ2) is 9.97. The van der Waals surface area contributed by atoms with E-state index in [4.69, 9.17) is 9.47 Å². The van der Waals surface area contributed by atoms with Crippen LogP contribution in [0.1, 0.15) is 80.8 Å². The van der Waals surface area contributed by atoms with E-state index >= 15 is 0 Å². The fourth-order valence-corrected chi connectivity index (χ4v) is 5.19. The van der Waals surface area contributed by atoms with Crippen molar-refractivity contribution >= 4 is 0 Å². The van der Waals surface area contributed by atoms with Gasteiger partial charge in [-0.15, -0.1) is 0 Å². The Hall–Kier alpha value is -2.17. The van der Waals surface area contributed by atoms with E-state index in [1.165, 1.54) is 13.5 Å². The number of hydrogen-bond acceptors (Lipinski definition) is 2. The Morgan fingerprint density at radius 2 is 1.48 bits per heavy atom. The van der Waals surface area contributed by atoms with E-state index in [1.807, 2.05) is 6.07 Å². The molecular formula is C26H31F3O2. The molecule has 0 saturated heterocycles. The Balaban J connectivity index is 1.31. The van der Waals surface area contributed by atoms with E-state index in [0.29, 0.717) is 24.0 Å². The lowest BCUT2D eigenvalue weighted by Gasteiger charge is -2.29. The minimum atomic E-state index is -0.856. The Morgan fingerprint density at radius 3 is 2.16 bits per heavy atom. The summed E-state index contributed by atoms with van der Waals surface area (Å²) in [5.74, 6) is -0.943. The zero-order chi connectivity index (χ0) is 21.8. The third kappa shape index (κ3) is 5.02. The van der Waals surface area contributed by atoms with Crippen LogP contribution in [-0.4, -0.2) is 13.7 Å². The van der Waals surface area contributed by atoms with E-state index in [0.717, 1.165) is 56.9 Å². The van der Waals surface area contributed by atoms with Gasteiger partial charge in [-0.3, -0.25) is 0 Å². The van der Waals surface area contributed by atoms with E-state index in [1.54, 1.807) is 24.3 Å². The number of halogens is 3. The monoisotopic (exact) mass is 432 g/mol. The Morgan fingerprint density at radius 1 is 0.774 bits per heavy atom.